The van der Waals surface area contributed by atoms with E-state index in [2.05, 4.69) is 15.4 Å². The molecule has 0 fully saturated rings. The van der Waals surface area contributed by atoms with E-state index in [1.165, 1.54) is 19.3 Å². The first kappa shape index (κ1) is 16.9. The van der Waals surface area contributed by atoms with Gasteiger partial charge >= 0.3 is 0 Å². The summed E-state index contributed by atoms with van der Waals surface area (Å²) < 4.78 is 1.15. The minimum Gasteiger partial charge on any atom is -0.316 e. The molecule has 0 radical (unpaired) electrons. The normalized spacial score (nSPS) is 10.5. The van der Waals surface area contributed by atoms with Crippen LogP contribution in [0.3, 0.4) is 0 Å². The maximum atomic E-state index is 12.2. The highest BCUT2D eigenvalue weighted by atomic mass is 35.5. The van der Waals surface area contributed by atoms with Gasteiger partial charge in [-0.3, -0.25) is 14.6 Å². The highest BCUT2D eigenvalue weighted by Gasteiger charge is 2.11. The molecule has 3 aromatic rings. The zero-order valence-corrected chi connectivity index (χ0v) is 14.2. The largest absolute Gasteiger partial charge is 0.316 e. The number of amides is 1. The van der Waals surface area contributed by atoms with Gasteiger partial charge in [-0.15, -0.1) is 0 Å². The quantitative estimate of drug-likeness (QED) is 0.781. The van der Waals surface area contributed by atoms with Crippen LogP contribution in [0.1, 0.15) is 21.6 Å². The van der Waals surface area contributed by atoms with Gasteiger partial charge in [-0.2, -0.15) is 5.10 Å². The number of halogens is 1. The Morgan fingerprint density at radius 1 is 1.20 bits per heavy atom. The Morgan fingerprint density at radius 3 is 2.76 bits per heavy atom. The van der Waals surface area contributed by atoms with Crippen molar-refractivity contribution < 1.29 is 4.79 Å². The van der Waals surface area contributed by atoms with Crippen LogP contribution in [-0.2, 0) is 13.5 Å². The molecule has 0 bridgehead atoms. The third kappa shape index (κ3) is 4.10. The summed E-state index contributed by atoms with van der Waals surface area (Å²) in [5.41, 5.74) is 2.03. The number of aryl methyl sites for hydroxylation is 1. The molecular formula is C18H15ClN4O2. The first-order valence-electron chi connectivity index (χ1n) is 7.56. The number of anilines is 1. The Balaban J connectivity index is 1.72. The predicted octanol–water partition coefficient (Wildman–Crippen LogP) is 2.67. The number of rotatable bonds is 4. The molecule has 0 atom stereocenters. The van der Waals surface area contributed by atoms with Crippen LogP contribution in [0.25, 0.3) is 0 Å². The molecule has 0 saturated heterocycles. The summed E-state index contributed by atoms with van der Waals surface area (Å²) in [7, 11) is 1.51. The number of aromatic nitrogens is 3. The Morgan fingerprint density at radius 2 is 2.04 bits per heavy atom. The van der Waals surface area contributed by atoms with Gasteiger partial charge in [0.15, 0.2) is 0 Å². The van der Waals surface area contributed by atoms with E-state index in [0.29, 0.717) is 11.4 Å². The van der Waals surface area contributed by atoms with Gasteiger partial charge in [0.25, 0.3) is 11.5 Å². The molecule has 0 unspecified atom stereocenters. The van der Waals surface area contributed by atoms with Crippen molar-refractivity contribution in [3.8, 4) is 0 Å². The smallest absolute Gasteiger partial charge is 0.290 e. The van der Waals surface area contributed by atoms with E-state index in [1.54, 1.807) is 12.3 Å². The SMILES string of the molecule is Cn1nccc(NC(=O)c2ccc(Cc3cccc(Cl)c3)cn2)c1=O. The molecule has 0 aliphatic rings. The number of hydrogen-bond donors (Lipinski definition) is 1. The fraction of sp³-hybridized carbons (Fsp3) is 0.111. The van der Waals surface area contributed by atoms with Crippen molar-refractivity contribution in [1.29, 1.82) is 0 Å². The van der Waals surface area contributed by atoms with E-state index in [4.69, 9.17) is 11.6 Å². The molecule has 126 valence electrons. The van der Waals surface area contributed by atoms with Crippen molar-refractivity contribution in [2.45, 2.75) is 6.42 Å². The Bertz CT molecular complexity index is 967. The van der Waals surface area contributed by atoms with Gasteiger partial charge in [0.2, 0.25) is 0 Å². The highest BCUT2D eigenvalue weighted by Crippen LogP contribution is 2.14. The summed E-state index contributed by atoms with van der Waals surface area (Å²) in [5, 5.41) is 7.04. The fourth-order valence-electron chi connectivity index (χ4n) is 2.33. The van der Waals surface area contributed by atoms with Crippen LogP contribution in [0.15, 0.2) is 59.7 Å². The zero-order chi connectivity index (χ0) is 17.8. The molecule has 3 rings (SSSR count). The van der Waals surface area contributed by atoms with Crippen LogP contribution >= 0.6 is 11.6 Å². The van der Waals surface area contributed by atoms with Crippen molar-refractivity contribution in [2.75, 3.05) is 5.32 Å². The number of nitrogens with zero attached hydrogens (tertiary/aromatic N) is 3. The second kappa shape index (κ2) is 7.27. The third-order valence-electron chi connectivity index (χ3n) is 3.61. The lowest BCUT2D eigenvalue weighted by atomic mass is 10.1. The average molecular weight is 355 g/mol. The number of hydrogen-bond acceptors (Lipinski definition) is 4. The molecule has 1 aromatic carbocycles. The summed E-state index contributed by atoms with van der Waals surface area (Å²) >= 11 is 5.98. The van der Waals surface area contributed by atoms with Gasteiger partial charge < -0.3 is 5.32 Å². The van der Waals surface area contributed by atoms with E-state index >= 15 is 0 Å². The zero-order valence-electron chi connectivity index (χ0n) is 13.4. The lowest BCUT2D eigenvalue weighted by Crippen LogP contribution is -2.25. The van der Waals surface area contributed by atoms with E-state index in [0.717, 1.165) is 15.8 Å². The molecule has 6 nitrogen and oxygen atoms in total. The number of nitrogens with one attached hydrogen (secondary N) is 1. The minimum atomic E-state index is -0.447. The summed E-state index contributed by atoms with van der Waals surface area (Å²) in [4.78, 5) is 28.3. The lowest BCUT2D eigenvalue weighted by molar-refractivity contribution is 0.102. The summed E-state index contributed by atoms with van der Waals surface area (Å²) in [6.45, 7) is 0. The Labute approximate surface area is 149 Å². The number of benzene rings is 1. The first-order chi connectivity index (χ1) is 12.0. The summed E-state index contributed by atoms with van der Waals surface area (Å²) in [5.74, 6) is -0.447. The van der Waals surface area contributed by atoms with Crippen LogP contribution in [0.4, 0.5) is 5.69 Å². The molecule has 0 aliphatic carbocycles. The molecule has 2 aromatic heterocycles. The van der Waals surface area contributed by atoms with E-state index < -0.39 is 5.91 Å². The molecule has 0 aliphatic heterocycles. The monoisotopic (exact) mass is 354 g/mol. The number of pyridine rings is 1. The van der Waals surface area contributed by atoms with Crippen LogP contribution < -0.4 is 10.9 Å². The van der Waals surface area contributed by atoms with Crippen molar-refractivity contribution in [2.24, 2.45) is 7.05 Å². The van der Waals surface area contributed by atoms with E-state index in [1.807, 2.05) is 30.3 Å². The fourth-order valence-corrected chi connectivity index (χ4v) is 2.55. The standard InChI is InChI=1S/C18H15ClN4O2/c1-23-18(25)16(7-8-21-23)22-17(24)15-6-5-13(11-20-15)9-12-3-2-4-14(19)10-12/h2-8,10-11H,9H2,1H3,(H,22,24). The van der Waals surface area contributed by atoms with Crippen molar-refractivity contribution in [3.63, 3.8) is 0 Å². The second-order valence-corrected chi connectivity index (χ2v) is 5.92. The molecule has 2 heterocycles. The molecule has 25 heavy (non-hydrogen) atoms. The summed E-state index contributed by atoms with van der Waals surface area (Å²) in [6, 6.07) is 12.5. The van der Waals surface area contributed by atoms with Crippen molar-refractivity contribution >= 4 is 23.2 Å². The van der Waals surface area contributed by atoms with Gasteiger partial charge in [0, 0.05) is 24.5 Å². The summed E-state index contributed by atoms with van der Waals surface area (Å²) in [6.07, 6.45) is 3.75. The van der Waals surface area contributed by atoms with Gasteiger partial charge in [0.1, 0.15) is 11.4 Å². The maximum Gasteiger partial charge on any atom is 0.290 e. The van der Waals surface area contributed by atoms with Gasteiger partial charge in [-0.05, 0) is 41.8 Å². The van der Waals surface area contributed by atoms with Crippen LogP contribution in [0, 0.1) is 0 Å². The molecule has 7 heteroatoms. The Hall–Kier alpha value is -2.99. The Kier molecular flexibility index (Phi) is 4.90. The topological polar surface area (TPSA) is 76.9 Å². The van der Waals surface area contributed by atoms with Gasteiger partial charge in [0.05, 0.1) is 0 Å². The van der Waals surface area contributed by atoms with Crippen LogP contribution in [-0.4, -0.2) is 20.7 Å². The second-order valence-electron chi connectivity index (χ2n) is 5.49. The van der Waals surface area contributed by atoms with E-state index in [9.17, 15) is 9.59 Å². The number of carbonyl (C=O) groups is 1. The van der Waals surface area contributed by atoms with Crippen LogP contribution in [0.2, 0.25) is 5.02 Å². The maximum absolute atomic E-state index is 12.2. The molecule has 0 spiro atoms. The first-order valence-corrected chi connectivity index (χ1v) is 7.94. The van der Waals surface area contributed by atoms with Gasteiger partial charge in [-0.25, -0.2) is 4.68 Å². The minimum absolute atomic E-state index is 0.160. The molecule has 1 amide bonds. The third-order valence-corrected chi connectivity index (χ3v) is 3.84. The number of carbonyl (C=O) groups excluding carboxylic acids is 1. The average Bonchev–Trinajstić information content (AvgIpc) is 2.59. The van der Waals surface area contributed by atoms with Crippen molar-refractivity contribution in [1.82, 2.24) is 14.8 Å². The molecule has 0 saturated carbocycles. The van der Waals surface area contributed by atoms with Crippen molar-refractivity contribution in [3.05, 3.63) is 87.1 Å². The molecule has 1 N–H and O–H groups in total. The van der Waals surface area contributed by atoms with Gasteiger partial charge in [-0.1, -0.05) is 29.8 Å². The van der Waals surface area contributed by atoms with E-state index in [-0.39, 0.29) is 16.9 Å². The van der Waals surface area contributed by atoms with Crippen LogP contribution in [0.5, 0.6) is 0 Å². The lowest BCUT2D eigenvalue weighted by Gasteiger charge is -2.06. The highest BCUT2D eigenvalue weighted by molar-refractivity contribution is 6.30. The molecular weight excluding hydrogens is 340 g/mol. The predicted molar refractivity (Wildman–Crippen MR) is 95.9 cm³/mol.